The molecule has 0 fully saturated rings. The van der Waals surface area contributed by atoms with Gasteiger partial charge < -0.3 is 14.6 Å². The summed E-state index contributed by atoms with van der Waals surface area (Å²) in [5.74, 6) is 0.757. The average Bonchev–Trinajstić information content (AvgIpc) is 2.95. The number of aliphatic carboxylic acids is 1. The molecule has 0 unspecified atom stereocenters. The molecule has 0 radical (unpaired) electrons. The fourth-order valence-corrected chi connectivity index (χ4v) is 2.26. The third-order valence-corrected chi connectivity index (χ3v) is 3.27. The van der Waals surface area contributed by atoms with E-state index in [1.165, 1.54) is 4.52 Å². The molecule has 0 saturated carbocycles. The number of carboxylic acids is 1. The molecule has 0 atom stereocenters. The zero-order valence-electron chi connectivity index (χ0n) is 12.6. The molecule has 0 aliphatic rings. The van der Waals surface area contributed by atoms with Crippen molar-refractivity contribution in [2.45, 2.75) is 6.42 Å². The molecule has 0 spiro atoms. The van der Waals surface area contributed by atoms with Crippen molar-refractivity contribution in [2.75, 3.05) is 14.2 Å². The lowest BCUT2D eigenvalue weighted by Crippen LogP contribution is -2.02. The molecule has 1 N–H and O–H groups in total. The van der Waals surface area contributed by atoms with Crippen LogP contribution >= 0.6 is 0 Å². The molecule has 1 aromatic carbocycles. The van der Waals surface area contributed by atoms with Crippen LogP contribution in [0.15, 0.2) is 30.5 Å². The second-order valence-electron chi connectivity index (χ2n) is 4.71. The van der Waals surface area contributed by atoms with Gasteiger partial charge in [-0.15, -0.1) is 5.10 Å². The van der Waals surface area contributed by atoms with Crippen LogP contribution in [0.5, 0.6) is 11.5 Å². The molecule has 23 heavy (non-hydrogen) atoms. The summed E-state index contributed by atoms with van der Waals surface area (Å²) in [6, 6.07) is 7.23. The normalized spacial score (nSPS) is 10.7. The smallest absolute Gasteiger partial charge is 0.311 e. The Hall–Kier alpha value is -3.16. The Bertz CT molecular complexity index is 875. The number of ether oxygens (including phenoxy) is 2. The number of benzene rings is 1. The van der Waals surface area contributed by atoms with E-state index in [9.17, 15) is 4.79 Å². The highest BCUT2D eigenvalue weighted by atomic mass is 16.5. The minimum atomic E-state index is -0.992. The third-order valence-electron chi connectivity index (χ3n) is 3.27. The van der Waals surface area contributed by atoms with E-state index in [0.717, 1.165) is 11.3 Å². The molecular weight excluding hydrogens is 300 g/mol. The van der Waals surface area contributed by atoms with Crippen LogP contribution in [0, 0.1) is 0 Å². The van der Waals surface area contributed by atoms with Crippen LogP contribution in [0.3, 0.4) is 0 Å². The zero-order valence-corrected chi connectivity index (χ0v) is 12.6. The summed E-state index contributed by atoms with van der Waals surface area (Å²) in [6.07, 6.45) is 1.34. The minimum Gasteiger partial charge on any atom is -0.493 e. The number of hydrogen-bond donors (Lipinski definition) is 1. The number of aromatic nitrogens is 4. The fourth-order valence-electron chi connectivity index (χ4n) is 2.26. The SMILES string of the molecule is COc1ccc(-c2ccnc3nc(CC(=O)O)nn23)cc1OC. The van der Waals surface area contributed by atoms with E-state index in [0.29, 0.717) is 17.3 Å². The van der Waals surface area contributed by atoms with Crippen LogP contribution < -0.4 is 9.47 Å². The molecule has 3 aromatic rings. The van der Waals surface area contributed by atoms with Crippen molar-refractivity contribution in [3.05, 3.63) is 36.3 Å². The van der Waals surface area contributed by atoms with Gasteiger partial charge in [0.2, 0.25) is 0 Å². The van der Waals surface area contributed by atoms with Crippen molar-refractivity contribution in [1.29, 1.82) is 0 Å². The molecule has 2 heterocycles. The highest BCUT2D eigenvalue weighted by Gasteiger charge is 2.13. The van der Waals surface area contributed by atoms with Gasteiger partial charge >= 0.3 is 5.97 Å². The third kappa shape index (κ3) is 2.78. The second-order valence-corrected chi connectivity index (χ2v) is 4.71. The van der Waals surface area contributed by atoms with Gasteiger partial charge in [-0.3, -0.25) is 4.79 Å². The summed E-state index contributed by atoms with van der Waals surface area (Å²) < 4.78 is 12.0. The van der Waals surface area contributed by atoms with Crippen molar-refractivity contribution < 1.29 is 19.4 Å². The van der Waals surface area contributed by atoms with Crippen LogP contribution in [-0.2, 0) is 11.2 Å². The Labute approximate surface area is 131 Å². The fraction of sp³-hybridized carbons (Fsp3) is 0.200. The van der Waals surface area contributed by atoms with Gasteiger partial charge in [-0.25, -0.2) is 4.98 Å². The Morgan fingerprint density at radius 1 is 1.22 bits per heavy atom. The number of carbonyl (C=O) groups is 1. The number of carboxylic acid groups (broad SMARTS) is 1. The first-order valence-electron chi connectivity index (χ1n) is 6.77. The Balaban J connectivity index is 2.12. The van der Waals surface area contributed by atoms with Crippen LogP contribution in [0.1, 0.15) is 5.82 Å². The lowest BCUT2D eigenvalue weighted by atomic mass is 10.1. The van der Waals surface area contributed by atoms with Crippen molar-refractivity contribution in [3.63, 3.8) is 0 Å². The van der Waals surface area contributed by atoms with Crippen molar-refractivity contribution in [1.82, 2.24) is 19.6 Å². The molecular formula is C15H14N4O4. The van der Waals surface area contributed by atoms with E-state index in [1.54, 1.807) is 32.5 Å². The van der Waals surface area contributed by atoms with Crippen LogP contribution in [-0.4, -0.2) is 44.9 Å². The Morgan fingerprint density at radius 2 is 2.00 bits per heavy atom. The van der Waals surface area contributed by atoms with Gasteiger partial charge in [0.05, 0.1) is 19.9 Å². The molecule has 0 amide bonds. The van der Waals surface area contributed by atoms with E-state index in [1.807, 2.05) is 12.1 Å². The molecule has 0 saturated heterocycles. The number of fused-ring (bicyclic) bond motifs is 1. The lowest BCUT2D eigenvalue weighted by Gasteiger charge is -2.10. The first kappa shape index (κ1) is 14.8. The molecule has 0 aliphatic carbocycles. The van der Waals surface area contributed by atoms with Crippen LogP contribution in [0.4, 0.5) is 0 Å². The summed E-state index contributed by atoms with van der Waals surface area (Å²) in [6.45, 7) is 0. The van der Waals surface area contributed by atoms with Gasteiger partial charge in [-0.1, -0.05) is 0 Å². The van der Waals surface area contributed by atoms with E-state index < -0.39 is 5.97 Å². The standard InChI is InChI=1S/C15H14N4O4/c1-22-11-4-3-9(7-12(11)23-2)10-5-6-16-15-17-13(8-14(20)21)18-19(10)15/h3-7H,8H2,1-2H3,(H,20,21). The molecule has 2 aromatic heterocycles. The number of nitrogens with zero attached hydrogens (tertiary/aromatic N) is 4. The largest absolute Gasteiger partial charge is 0.493 e. The first-order chi connectivity index (χ1) is 11.1. The Kier molecular flexibility index (Phi) is 3.80. The van der Waals surface area contributed by atoms with Crippen molar-refractivity contribution in [3.8, 4) is 22.8 Å². The maximum atomic E-state index is 10.8. The summed E-state index contributed by atoms with van der Waals surface area (Å²) in [5.41, 5.74) is 1.54. The minimum absolute atomic E-state index is 0.206. The summed E-state index contributed by atoms with van der Waals surface area (Å²) in [7, 11) is 3.13. The van der Waals surface area contributed by atoms with Gasteiger partial charge in [0.15, 0.2) is 17.3 Å². The van der Waals surface area contributed by atoms with Crippen LogP contribution in [0.2, 0.25) is 0 Å². The summed E-state index contributed by atoms with van der Waals surface area (Å²) in [5, 5.41) is 13.1. The summed E-state index contributed by atoms with van der Waals surface area (Å²) in [4.78, 5) is 19.0. The molecule has 0 bridgehead atoms. The second kappa shape index (κ2) is 5.91. The zero-order chi connectivity index (χ0) is 16.4. The number of methoxy groups -OCH3 is 2. The van der Waals surface area contributed by atoms with Gasteiger partial charge in [0.25, 0.3) is 5.78 Å². The van der Waals surface area contributed by atoms with Crippen LogP contribution in [0.25, 0.3) is 17.0 Å². The summed E-state index contributed by atoms with van der Waals surface area (Å²) >= 11 is 0. The lowest BCUT2D eigenvalue weighted by molar-refractivity contribution is -0.136. The highest BCUT2D eigenvalue weighted by Crippen LogP contribution is 2.32. The number of hydrogen-bond acceptors (Lipinski definition) is 6. The van der Waals surface area contributed by atoms with Gasteiger partial charge in [-0.2, -0.15) is 9.50 Å². The Morgan fingerprint density at radius 3 is 2.70 bits per heavy atom. The van der Waals surface area contributed by atoms with E-state index in [-0.39, 0.29) is 12.2 Å². The van der Waals surface area contributed by atoms with Gasteiger partial charge in [-0.05, 0) is 24.3 Å². The molecule has 3 rings (SSSR count). The maximum Gasteiger partial charge on any atom is 0.311 e. The monoisotopic (exact) mass is 314 g/mol. The molecule has 0 aliphatic heterocycles. The molecule has 118 valence electrons. The topological polar surface area (TPSA) is 98.8 Å². The van der Waals surface area contributed by atoms with Crippen molar-refractivity contribution >= 4 is 11.7 Å². The van der Waals surface area contributed by atoms with Crippen molar-refractivity contribution in [2.24, 2.45) is 0 Å². The maximum absolute atomic E-state index is 10.8. The predicted octanol–water partition coefficient (Wildman–Crippen LogP) is 1.44. The van der Waals surface area contributed by atoms with Gasteiger partial charge in [0, 0.05) is 11.8 Å². The highest BCUT2D eigenvalue weighted by molar-refractivity contribution is 5.69. The molecule has 8 nitrogen and oxygen atoms in total. The average molecular weight is 314 g/mol. The predicted molar refractivity (Wildman–Crippen MR) is 80.7 cm³/mol. The van der Waals surface area contributed by atoms with E-state index in [4.69, 9.17) is 14.6 Å². The van der Waals surface area contributed by atoms with E-state index in [2.05, 4.69) is 15.1 Å². The van der Waals surface area contributed by atoms with E-state index >= 15 is 0 Å². The quantitative estimate of drug-likeness (QED) is 0.760. The molecule has 8 heteroatoms. The number of rotatable bonds is 5. The first-order valence-corrected chi connectivity index (χ1v) is 6.77. The van der Waals surface area contributed by atoms with Gasteiger partial charge in [0.1, 0.15) is 6.42 Å².